The number of hydrogen-bond acceptors (Lipinski definition) is 3. The van der Waals surface area contributed by atoms with Gasteiger partial charge in [0, 0.05) is 17.8 Å². The molecule has 2 rings (SSSR count). The Kier molecular flexibility index (Phi) is 5.82. The molecule has 0 bridgehead atoms. The van der Waals surface area contributed by atoms with E-state index in [4.69, 9.17) is 0 Å². The topological polar surface area (TPSA) is 49.4 Å². The number of nitrogens with zero attached hydrogens (tertiary/aromatic N) is 1. The molecular weight excluding hydrogens is 307 g/mol. The first-order valence-corrected chi connectivity index (χ1v) is 7.73. The molecule has 2 aromatic carbocycles. The summed E-state index contributed by atoms with van der Waals surface area (Å²) >= 11 is 0. The second kappa shape index (κ2) is 7.84. The molecule has 0 saturated carbocycles. The van der Waals surface area contributed by atoms with Crippen LogP contribution in [0.3, 0.4) is 0 Å². The molecule has 0 aliphatic rings. The molecule has 1 amide bonds. The Bertz CT molecular complexity index is 711. The molecule has 0 aliphatic carbocycles. The summed E-state index contributed by atoms with van der Waals surface area (Å²) in [6.07, 6.45) is 0. The number of Topliss-reactive ketones (excluding diaryl/α,β-unsaturated/α-hetero) is 1. The summed E-state index contributed by atoms with van der Waals surface area (Å²) in [6.45, 7) is 3.85. The number of amides is 1. The predicted octanol–water partition coefficient (Wildman–Crippen LogP) is 3.49. The second-order valence-corrected chi connectivity index (χ2v) is 5.84. The van der Waals surface area contributed by atoms with E-state index in [9.17, 15) is 14.0 Å². The van der Waals surface area contributed by atoms with Crippen molar-refractivity contribution < 1.29 is 14.0 Å². The summed E-state index contributed by atoms with van der Waals surface area (Å²) in [5.41, 5.74) is 2.19. The molecule has 0 aliphatic heterocycles. The van der Waals surface area contributed by atoms with E-state index in [1.807, 2.05) is 18.9 Å². The molecule has 0 saturated heterocycles. The lowest BCUT2D eigenvalue weighted by atomic mass is 10.1. The van der Waals surface area contributed by atoms with Crippen LogP contribution in [-0.4, -0.2) is 29.7 Å². The maximum absolute atomic E-state index is 12.9. The monoisotopic (exact) mass is 328 g/mol. The Morgan fingerprint density at radius 3 is 2.21 bits per heavy atom. The minimum absolute atomic E-state index is 0.0136. The highest BCUT2D eigenvalue weighted by atomic mass is 19.1. The van der Waals surface area contributed by atoms with Crippen molar-refractivity contribution in [3.05, 3.63) is 65.5 Å². The van der Waals surface area contributed by atoms with Crippen LogP contribution in [0.1, 0.15) is 29.8 Å². The number of nitrogens with one attached hydrogen (secondary N) is 1. The number of carbonyl (C=O) groups excluding carboxylic acids is 2. The molecule has 24 heavy (non-hydrogen) atoms. The predicted molar refractivity (Wildman–Crippen MR) is 92.4 cm³/mol. The maximum Gasteiger partial charge on any atom is 0.241 e. The average molecular weight is 328 g/mol. The lowest BCUT2D eigenvalue weighted by Crippen LogP contribution is -2.39. The fourth-order valence-corrected chi connectivity index (χ4v) is 2.25. The van der Waals surface area contributed by atoms with Crippen LogP contribution in [0.25, 0.3) is 0 Å². The van der Waals surface area contributed by atoms with Gasteiger partial charge in [-0.3, -0.25) is 14.5 Å². The zero-order chi connectivity index (χ0) is 17.7. The first kappa shape index (κ1) is 17.8. The molecule has 2 aromatic rings. The van der Waals surface area contributed by atoms with E-state index < -0.39 is 0 Å². The van der Waals surface area contributed by atoms with Crippen LogP contribution >= 0.6 is 0 Å². The fraction of sp³-hybridized carbons (Fsp3) is 0.263. The number of rotatable bonds is 6. The Morgan fingerprint density at radius 1 is 1.08 bits per heavy atom. The van der Waals surface area contributed by atoms with Gasteiger partial charge in [0.25, 0.3) is 0 Å². The number of anilines is 1. The highest BCUT2D eigenvalue weighted by Crippen LogP contribution is 2.13. The molecule has 126 valence electrons. The van der Waals surface area contributed by atoms with Crippen LogP contribution in [-0.2, 0) is 11.3 Å². The molecule has 0 heterocycles. The number of hydrogen-bond donors (Lipinski definition) is 1. The van der Waals surface area contributed by atoms with E-state index in [1.54, 1.807) is 36.4 Å². The molecule has 5 heteroatoms. The Balaban J connectivity index is 1.95. The molecule has 0 fully saturated rings. The van der Waals surface area contributed by atoms with Crippen LogP contribution in [0.15, 0.2) is 48.5 Å². The molecule has 1 atom stereocenters. The third-order valence-electron chi connectivity index (χ3n) is 3.94. The molecular formula is C19H21FN2O2. The van der Waals surface area contributed by atoms with Gasteiger partial charge in [-0.05, 0) is 62.9 Å². The van der Waals surface area contributed by atoms with Crippen LogP contribution in [0.4, 0.5) is 10.1 Å². The van der Waals surface area contributed by atoms with Crippen molar-refractivity contribution in [1.29, 1.82) is 0 Å². The molecule has 0 unspecified atom stereocenters. The van der Waals surface area contributed by atoms with Gasteiger partial charge < -0.3 is 5.32 Å². The summed E-state index contributed by atoms with van der Waals surface area (Å²) in [7, 11) is 1.84. The first-order valence-electron chi connectivity index (χ1n) is 7.73. The molecule has 0 radical (unpaired) electrons. The van der Waals surface area contributed by atoms with Crippen molar-refractivity contribution in [1.82, 2.24) is 4.90 Å². The Hall–Kier alpha value is -2.53. The molecule has 0 spiro atoms. The number of halogens is 1. The minimum Gasteiger partial charge on any atom is -0.325 e. The number of ketones is 1. The van der Waals surface area contributed by atoms with Crippen molar-refractivity contribution >= 4 is 17.4 Å². The first-order chi connectivity index (χ1) is 11.4. The summed E-state index contributed by atoms with van der Waals surface area (Å²) in [4.78, 5) is 25.5. The fourth-order valence-electron chi connectivity index (χ4n) is 2.25. The van der Waals surface area contributed by atoms with E-state index in [-0.39, 0.29) is 23.5 Å². The quantitative estimate of drug-likeness (QED) is 0.826. The number of carbonyl (C=O) groups is 2. The summed E-state index contributed by atoms with van der Waals surface area (Å²) < 4.78 is 12.9. The van der Waals surface area contributed by atoms with Gasteiger partial charge in [0.15, 0.2) is 5.78 Å². The van der Waals surface area contributed by atoms with E-state index in [2.05, 4.69) is 5.32 Å². The zero-order valence-electron chi connectivity index (χ0n) is 14.0. The largest absolute Gasteiger partial charge is 0.325 e. The second-order valence-electron chi connectivity index (χ2n) is 5.84. The van der Waals surface area contributed by atoms with Gasteiger partial charge in [0.1, 0.15) is 5.82 Å². The zero-order valence-corrected chi connectivity index (χ0v) is 14.0. The van der Waals surface area contributed by atoms with Crippen molar-refractivity contribution in [2.24, 2.45) is 0 Å². The number of likely N-dealkylation sites (N-methyl/N-ethyl adjacent to an activating group) is 1. The maximum atomic E-state index is 12.9. The SMILES string of the molecule is CC(=O)c1ccc(NC(=O)[C@H](C)N(C)Cc2ccc(F)cc2)cc1. The highest BCUT2D eigenvalue weighted by Gasteiger charge is 2.18. The van der Waals surface area contributed by atoms with Crippen molar-refractivity contribution in [2.75, 3.05) is 12.4 Å². The normalized spacial score (nSPS) is 12.0. The van der Waals surface area contributed by atoms with E-state index in [1.165, 1.54) is 19.1 Å². The van der Waals surface area contributed by atoms with Gasteiger partial charge in [-0.1, -0.05) is 12.1 Å². The number of benzene rings is 2. The van der Waals surface area contributed by atoms with E-state index in [0.29, 0.717) is 17.8 Å². The van der Waals surface area contributed by atoms with Gasteiger partial charge in [-0.2, -0.15) is 0 Å². The van der Waals surface area contributed by atoms with E-state index in [0.717, 1.165) is 5.56 Å². The van der Waals surface area contributed by atoms with Crippen LogP contribution in [0.2, 0.25) is 0 Å². The molecule has 0 aromatic heterocycles. The lowest BCUT2D eigenvalue weighted by molar-refractivity contribution is -0.120. The van der Waals surface area contributed by atoms with Crippen molar-refractivity contribution in [3.8, 4) is 0 Å². The smallest absolute Gasteiger partial charge is 0.241 e. The summed E-state index contributed by atoms with van der Waals surface area (Å²) in [6, 6.07) is 12.7. The van der Waals surface area contributed by atoms with Gasteiger partial charge >= 0.3 is 0 Å². The lowest BCUT2D eigenvalue weighted by Gasteiger charge is -2.24. The van der Waals surface area contributed by atoms with Gasteiger partial charge in [-0.25, -0.2) is 4.39 Å². The highest BCUT2D eigenvalue weighted by molar-refractivity contribution is 5.96. The summed E-state index contributed by atoms with van der Waals surface area (Å²) in [5, 5.41) is 2.83. The van der Waals surface area contributed by atoms with Crippen molar-refractivity contribution in [2.45, 2.75) is 26.4 Å². The third kappa shape index (κ3) is 4.73. The van der Waals surface area contributed by atoms with Gasteiger partial charge in [0.2, 0.25) is 5.91 Å². The Labute approximate surface area is 141 Å². The van der Waals surface area contributed by atoms with Crippen LogP contribution in [0, 0.1) is 5.82 Å². The van der Waals surface area contributed by atoms with Gasteiger partial charge in [0.05, 0.1) is 6.04 Å². The van der Waals surface area contributed by atoms with Gasteiger partial charge in [-0.15, -0.1) is 0 Å². The van der Waals surface area contributed by atoms with Crippen LogP contribution < -0.4 is 5.32 Å². The van der Waals surface area contributed by atoms with Crippen LogP contribution in [0.5, 0.6) is 0 Å². The molecule has 1 N–H and O–H groups in total. The standard InChI is InChI=1S/C19H21FN2O2/c1-13(22(3)12-15-4-8-17(20)9-5-15)19(24)21-18-10-6-16(7-11-18)14(2)23/h4-11,13H,12H2,1-3H3,(H,21,24)/t13-/m0/s1. The minimum atomic E-state index is -0.359. The van der Waals surface area contributed by atoms with Crippen molar-refractivity contribution in [3.63, 3.8) is 0 Å². The average Bonchev–Trinajstić information content (AvgIpc) is 2.56. The molecule has 4 nitrogen and oxygen atoms in total. The summed E-state index contributed by atoms with van der Waals surface area (Å²) in [5.74, 6) is -0.434. The van der Waals surface area contributed by atoms with E-state index >= 15 is 0 Å². The third-order valence-corrected chi connectivity index (χ3v) is 3.94. The Morgan fingerprint density at radius 2 is 1.67 bits per heavy atom.